The number of hydrogen-bond donors (Lipinski definition) is 0. The van der Waals surface area contributed by atoms with Crippen molar-refractivity contribution in [2.45, 2.75) is 26.2 Å². The Morgan fingerprint density at radius 2 is 1.59 bits per heavy atom. The van der Waals surface area contributed by atoms with Gasteiger partial charge >= 0.3 is 0 Å². The van der Waals surface area contributed by atoms with E-state index in [1.807, 2.05) is 6.07 Å². The first-order valence-corrected chi connectivity index (χ1v) is 9.87. The highest BCUT2D eigenvalue weighted by Crippen LogP contribution is 2.38. The SMILES string of the molecule is COc1cc(/C=N/c2cc(C(C)(C)C)nn2-c2ccc([N+](=O)[O-])cc2)cc(OC)c1OC. The second kappa shape index (κ2) is 9.09. The van der Waals surface area contributed by atoms with Gasteiger partial charge in [-0.05, 0) is 24.3 Å². The Hall–Kier alpha value is -3.88. The molecule has 1 heterocycles. The second-order valence-electron chi connectivity index (χ2n) is 8.04. The molecule has 0 saturated heterocycles. The number of rotatable bonds is 7. The Morgan fingerprint density at radius 1 is 1.00 bits per heavy atom. The monoisotopic (exact) mass is 438 g/mol. The number of nitrogens with zero attached hydrogens (tertiary/aromatic N) is 4. The molecule has 0 aliphatic rings. The summed E-state index contributed by atoms with van der Waals surface area (Å²) in [4.78, 5) is 15.2. The predicted octanol–water partition coefficient (Wildman–Crippen LogP) is 4.85. The minimum atomic E-state index is -0.434. The molecule has 0 radical (unpaired) electrons. The third-order valence-corrected chi connectivity index (χ3v) is 4.80. The summed E-state index contributed by atoms with van der Waals surface area (Å²) in [6.45, 7) is 6.17. The van der Waals surface area contributed by atoms with Gasteiger partial charge in [-0.2, -0.15) is 5.10 Å². The van der Waals surface area contributed by atoms with Crippen molar-refractivity contribution in [1.29, 1.82) is 0 Å². The number of benzene rings is 2. The van der Waals surface area contributed by atoms with E-state index in [2.05, 4.69) is 25.8 Å². The molecular weight excluding hydrogens is 412 g/mol. The molecule has 0 fully saturated rings. The molecule has 168 valence electrons. The maximum atomic E-state index is 11.0. The molecule has 0 N–H and O–H groups in total. The van der Waals surface area contributed by atoms with Crippen LogP contribution in [0.25, 0.3) is 5.69 Å². The number of aromatic nitrogens is 2. The van der Waals surface area contributed by atoms with Crippen molar-refractivity contribution in [2.24, 2.45) is 4.99 Å². The third-order valence-electron chi connectivity index (χ3n) is 4.80. The molecule has 0 unspecified atom stereocenters. The predicted molar refractivity (Wildman–Crippen MR) is 122 cm³/mol. The zero-order valence-corrected chi connectivity index (χ0v) is 18.9. The van der Waals surface area contributed by atoms with Crippen molar-refractivity contribution < 1.29 is 19.1 Å². The summed E-state index contributed by atoms with van der Waals surface area (Å²) in [6, 6.07) is 11.7. The van der Waals surface area contributed by atoms with Crippen LogP contribution in [0, 0.1) is 10.1 Å². The molecule has 0 atom stereocenters. The minimum Gasteiger partial charge on any atom is -0.493 e. The number of nitro benzene ring substituents is 1. The van der Waals surface area contributed by atoms with Gasteiger partial charge in [0.1, 0.15) is 0 Å². The average molecular weight is 438 g/mol. The Morgan fingerprint density at radius 3 is 2.06 bits per heavy atom. The lowest BCUT2D eigenvalue weighted by atomic mass is 9.92. The summed E-state index contributed by atoms with van der Waals surface area (Å²) in [5.41, 5.74) is 2.06. The quantitative estimate of drug-likeness (QED) is 0.297. The first-order chi connectivity index (χ1) is 15.2. The standard InChI is InChI=1S/C23H26N4O5/c1-23(2,3)20-13-21(26(25-20)16-7-9-17(10-8-16)27(28)29)24-14-15-11-18(30-4)22(32-6)19(12-15)31-5/h7-14H,1-6H3/b24-14+. The van der Waals surface area contributed by atoms with Crippen LogP contribution in [0.4, 0.5) is 11.5 Å². The van der Waals surface area contributed by atoms with E-state index in [0.29, 0.717) is 28.8 Å². The van der Waals surface area contributed by atoms with Crippen molar-refractivity contribution in [3.63, 3.8) is 0 Å². The molecule has 2 aromatic carbocycles. The molecule has 0 amide bonds. The van der Waals surface area contributed by atoms with Crippen LogP contribution in [0.1, 0.15) is 32.0 Å². The van der Waals surface area contributed by atoms with Crippen LogP contribution in [0.2, 0.25) is 0 Å². The van der Waals surface area contributed by atoms with Gasteiger partial charge in [0.15, 0.2) is 17.3 Å². The number of ether oxygens (including phenoxy) is 3. The van der Waals surface area contributed by atoms with Gasteiger partial charge in [-0.15, -0.1) is 0 Å². The smallest absolute Gasteiger partial charge is 0.269 e. The van der Waals surface area contributed by atoms with Gasteiger partial charge in [-0.25, -0.2) is 9.67 Å². The molecule has 9 nitrogen and oxygen atoms in total. The zero-order valence-electron chi connectivity index (χ0n) is 18.9. The van der Waals surface area contributed by atoms with Crippen LogP contribution in [0.5, 0.6) is 17.2 Å². The molecule has 0 aliphatic heterocycles. The van der Waals surface area contributed by atoms with E-state index in [4.69, 9.17) is 19.3 Å². The number of aliphatic imine (C=N–C) groups is 1. The van der Waals surface area contributed by atoms with Crippen molar-refractivity contribution >= 4 is 17.7 Å². The van der Waals surface area contributed by atoms with E-state index in [1.54, 1.807) is 56.5 Å². The van der Waals surface area contributed by atoms with Crippen molar-refractivity contribution in [3.8, 4) is 22.9 Å². The normalized spacial score (nSPS) is 11.6. The van der Waals surface area contributed by atoms with E-state index in [1.165, 1.54) is 12.1 Å². The molecule has 0 aliphatic carbocycles. The summed E-state index contributed by atoms with van der Waals surface area (Å²) in [5.74, 6) is 2.12. The van der Waals surface area contributed by atoms with Gasteiger partial charge in [0, 0.05) is 35.4 Å². The summed E-state index contributed by atoms with van der Waals surface area (Å²) in [5, 5.41) is 15.7. The fourth-order valence-corrected chi connectivity index (χ4v) is 3.05. The van der Waals surface area contributed by atoms with Crippen LogP contribution < -0.4 is 14.2 Å². The molecule has 9 heteroatoms. The number of hydrogen-bond acceptors (Lipinski definition) is 7. The highest BCUT2D eigenvalue weighted by Gasteiger charge is 2.21. The topological polar surface area (TPSA) is 101 Å². The molecule has 3 rings (SSSR count). The van der Waals surface area contributed by atoms with Crippen LogP contribution in [-0.4, -0.2) is 42.2 Å². The van der Waals surface area contributed by atoms with E-state index < -0.39 is 4.92 Å². The summed E-state index contributed by atoms with van der Waals surface area (Å²) < 4.78 is 17.8. The first kappa shape index (κ1) is 22.8. The van der Waals surface area contributed by atoms with Crippen molar-refractivity contribution in [3.05, 3.63) is 63.8 Å². The highest BCUT2D eigenvalue weighted by molar-refractivity contribution is 5.84. The van der Waals surface area contributed by atoms with Crippen LogP contribution in [0.3, 0.4) is 0 Å². The van der Waals surface area contributed by atoms with E-state index in [0.717, 1.165) is 11.3 Å². The average Bonchev–Trinajstić information content (AvgIpc) is 3.21. The number of non-ortho nitro benzene ring substituents is 1. The molecule has 0 spiro atoms. The lowest BCUT2D eigenvalue weighted by molar-refractivity contribution is -0.384. The molecule has 3 aromatic rings. The third kappa shape index (κ3) is 4.72. The molecule has 1 aromatic heterocycles. The van der Waals surface area contributed by atoms with Gasteiger partial charge in [-0.1, -0.05) is 20.8 Å². The van der Waals surface area contributed by atoms with E-state index in [-0.39, 0.29) is 11.1 Å². The number of nitro groups is 1. The van der Waals surface area contributed by atoms with Gasteiger partial charge in [-0.3, -0.25) is 10.1 Å². The Balaban J connectivity index is 2.06. The lowest BCUT2D eigenvalue weighted by Gasteiger charge is -2.14. The van der Waals surface area contributed by atoms with Gasteiger partial charge in [0.2, 0.25) is 5.75 Å². The first-order valence-electron chi connectivity index (χ1n) is 9.87. The van der Waals surface area contributed by atoms with Crippen molar-refractivity contribution in [2.75, 3.05) is 21.3 Å². The van der Waals surface area contributed by atoms with Crippen LogP contribution in [-0.2, 0) is 5.41 Å². The van der Waals surface area contributed by atoms with Gasteiger partial charge in [0.25, 0.3) is 5.69 Å². The summed E-state index contributed by atoms with van der Waals surface area (Å²) in [6.07, 6.45) is 1.68. The summed E-state index contributed by atoms with van der Waals surface area (Å²) in [7, 11) is 4.65. The Labute approximate surface area is 186 Å². The molecule has 0 saturated carbocycles. The molecular formula is C23H26N4O5. The highest BCUT2D eigenvalue weighted by atomic mass is 16.6. The second-order valence-corrected chi connectivity index (χ2v) is 8.04. The lowest BCUT2D eigenvalue weighted by Crippen LogP contribution is -2.12. The maximum absolute atomic E-state index is 11.0. The fraction of sp³-hybridized carbons (Fsp3) is 0.304. The Kier molecular flexibility index (Phi) is 6.47. The zero-order chi connectivity index (χ0) is 23.5. The van der Waals surface area contributed by atoms with Crippen LogP contribution in [0.15, 0.2) is 47.5 Å². The fourth-order valence-electron chi connectivity index (χ4n) is 3.05. The van der Waals surface area contributed by atoms with Crippen LogP contribution >= 0.6 is 0 Å². The minimum absolute atomic E-state index is 0.0134. The Bertz CT molecular complexity index is 1120. The van der Waals surface area contributed by atoms with E-state index >= 15 is 0 Å². The van der Waals surface area contributed by atoms with Gasteiger partial charge in [0.05, 0.1) is 37.6 Å². The molecule has 0 bridgehead atoms. The number of methoxy groups -OCH3 is 3. The maximum Gasteiger partial charge on any atom is 0.269 e. The van der Waals surface area contributed by atoms with Crippen molar-refractivity contribution in [1.82, 2.24) is 9.78 Å². The van der Waals surface area contributed by atoms with Gasteiger partial charge < -0.3 is 14.2 Å². The van der Waals surface area contributed by atoms with E-state index in [9.17, 15) is 10.1 Å². The summed E-state index contributed by atoms with van der Waals surface area (Å²) >= 11 is 0. The molecule has 32 heavy (non-hydrogen) atoms. The largest absolute Gasteiger partial charge is 0.493 e.